The molecule has 3 rings (SSSR count). The molecule has 1 aromatic heterocycles. The maximum Gasteiger partial charge on any atom is 0.277 e. The van der Waals surface area contributed by atoms with E-state index < -0.39 is 9.84 Å². The normalized spacial score (nSPS) is 11.3. The van der Waals surface area contributed by atoms with Crippen LogP contribution in [-0.2, 0) is 14.6 Å². The van der Waals surface area contributed by atoms with Crippen molar-refractivity contribution in [2.45, 2.75) is 10.1 Å². The Morgan fingerprint density at radius 3 is 2.62 bits per heavy atom. The van der Waals surface area contributed by atoms with Crippen molar-refractivity contribution < 1.29 is 17.6 Å². The summed E-state index contributed by atoms with van der Waals surface area (Å²) in [7, 11) is -3.33. The van der Waals surface area contributed by atoms with Gasteiger partial charge in [0.2, 0.25) is 11.8 Å². The van der Waals surface area contributed by atoms with Gasteiger partial charge in [-0.05, 0) is 30.3 Å². The summed E-state index contributed by atoms with van der Waals surface area (Å²) in [5, 5.41) is 10.8. The van der Waals surface area contributed by atoms with Crippen LogP contribution >= 0.6 is 11.8 Å². The number of rotatable bonds is 6. The van der Waals surface area contributed by atoms with E-state index in [-0.39, 0.29) is 21.8 Å². The van der Waals surface area contributed by atoms with Crippen molar-refractivity contribution in [3.8, 4) is 11.5 Å². The number of anilines is 1. The van der Waals surface area contributed by atoms with Crippen LogP contribution in [0.3, 0.4) is 0 Å². The molecule has 0 radical (unpaired) electrons. The number of thioether (sulfide) groups is 1. The largest absolute Gasteiger partial charge is 0.411 e. The summed E-state index contributed by atoms with van der Waals surface area (Å²) in [4.78, 5) is 12.2. The first-order chi connectivity index (χ1) is 12.4. The predicted molar refractivity (Wildman–Crippen MR) is 98.6 cm³/mol. The number of carbonyl (C=O) groups excluding carboxylic acids is 1. The number of hydrogen-bond acceptors (Lipinski definition) is 7. The number of nitrogens with zero attached hydrogens (tertiary/aromatic N) is 2. The van der Waals surface area contributed by atoms with E-state index in [1.807, 2.05) is 30.3 Å². The molecule has 1 heterocycles. The Hall–Kier alpha value is -2.65. The van der Waals surface area contributed by atoms with E-state index in [4.69, 9.17) is 4.42 Å². The molecule has 0 aliphatic carbocycles. The van der Waals surface area contributed by atoms with Crippen LogP contribution in [0.4, 0.5) is 5.69 Å². The van der Waals surface area contributed by atoms with Gasteiger partial charge >= 0.3 is 0 Å². The van der Waals surface area contributed by atoms with Crippen molar-refractivity contribution in [3.05, 3.63) is 54.6 Å². The quantitative estimate of drug-likeness (QED) is 0.647. The van der Waals surface area contributed by atoms with E-state index in [1.165, 1.54) is 12.1 Å². The number of benzene rings is 2. The Morgan fingerprint density at radius 1 is 1.12 bits per heavy atom. The molecule has 1 N–H and O–H groups in total. The van der Waals surface area contributed by atoms with Crippen molar-refractivity contribution in [3.63, 3.8) is 0 Å². The molecule has 0 unspecified atom stereocenters. The van der Waals surface area contributed by atoms with Gasteiger partial charge in [-0.1, -0.05) is 36.0 Å². The molecule has 1 amide bonds. The molecule has 0 fully saturated rings. The predicted octanol–water partition coefficient (Wildman–Crippen LogP) is 2.87. The molecule has 2 aromatic carbocycles. The molecule has 0 bridgehead atoms. The number of nitrogens with one attached hydrogen (secondary N) is 1. The van der Waals surface area contributed by atoms with Crippen LogP contribution in [0, 0.1) is 0 Å². The van der Waals surface area contributed by atoms with Gasteiger partial charge in [0.1, 0.15) is 0 Å². The molecule has 0 saturated carbocycles. The second-order valence-electron chi connectivity index (χ2n) is 5.38. The smallest absolute Gasteiger partial charge is 0.277 e. The number of sulfone groups is 1. The van der Waals surface area contributed by atoms with Crippen LogP contribution in [0.1, 0.15) is 0 Å². The van der Waals surface area contributed by atoms with Crippen LogP contribution < -0.4 is 5.32 Å². The molecule has 0 saturated heterocycles. The van der Waals surface area contributed by atoms with Crippen LogP contribution in [0.5, 0.6) is 0 Å². The van der Waals surface area contributed by atoms with E-state index in [9.17, 15) is 13.2 Å². The maximum absolute atomic E-state index is 12.1. The summed E-state index contributed by atoms with van der Waals surface area (Å²) in [6.07, 6.45) is 1.11. The SMILES string of the molecule is CS(=O)(=O)c1cccc(NC(=O)CSc2nnc(-c3ccccc3)o2)c1. The van der Waals surface area contributed by atoms with Gasteiger partial charge in [0.15, 0.2) is 9.84 Å². The van der Waals surface area contributed by atoms with Crippen molar-refractivity contribution in [2.24, 2.45) is 0 Å². The Balaban J connectivity index is 1.59. The molecule has 134 valence electrons. The number of aromatic nitrogens is 2. The molecular formula is C17H15N3O4S2. The van der Waals surface area contributed by atoms with Gasteiger partial charge in [0.25, 0.3) is 5.22 Å². The first-order valence-electron chi connectivity index (χ1n) is 7.53. The zero-order valence-corrected chi connectivity index (χ0v) is 15.4. The van der Waals surface area contributed by atoms with Gasteiger partial charge in [0.05, 0.1) is 10.6 Å². The second-order valence-corrected chi connectivity index (χ2v) is 8.32. The van der Waals surface area contributed by atoms with Gasteiger partial charge in [-0.15, -0.1) is 10.2 Å². The fraction of sp³-hybridized carbons (Fsp3) is 0.118. The first kappa shape index (κ1) is 18.2. The summed E-state index contributed by atoms with van der Waals surface area (Å²) in [6, 6.07) is 15.4. The lowest BCUT2D eigenvalue weighted by Gasteiger charge is -2.05. The topological polar surface area (TPSA) is 102 Å². The van der Waals surface area contributed by atoms with Crippen molar-refractivity contribution in [2.75, 3.05) is 17.3 Å². The molecule has 26 heavy (non-hydrogen) atoms. The lowest BCUT2D eigenvalue weighted by atomic mass is 10.2. The van der Waals surface area contributed by atoms with Crippen LogP contribution in [0.15, 0.2) is 69.1 Å². The highest BCUT2D eigenvalue weighted by molar-refractivity contribution is 7.99. The molecule has 9 heteroatoms. The Morgan fingerprint density at radius 2 is 1.88 bits per heavy atom. The number of amides is 1. The molecule has 3 aromatic rings. The van der Waals surface area contributed by atoms with Crippen molar-refractivity contribution in [1.29, 1.82) is 0 Å². The van der Waals surface area contributed by atoms with Gasteiger partial charge in [0, 0.05) is 17.5 Å². The van der Waals surface area contributed by atoms with Gasteiger partial charge in [-0.3, -0.25) is 4.79 Å². The average Bonchev–Trinajstić information content (AvgIpc) is 3.09. The standard InChI is InChI=1S/C17H15N3O4S2/c1-26(22,23)14-9-5-8-13(10-14)18-15(21)11-25-17-20-19-16(24-17)12-6-3-2-4-7-12/h2-10H,11H2,1H3,(H,18,21). The molecule has 7 nitrogen and oxygen atoms in total. The number of carbonyl (C=O) groups is 1. The average molecular weight is 389 g/mol. The minimum absolute atomic E-state index is 0.0551. The second kappa shape index (κ2) is 7.71. The number of hydrogen-bond donors (Lipinski definition) is 1. The zero-order valence-electron chi connectivity index (χ0n) is 13.7. The van der Waals surface area contributed by atoms with E-state index in [2.05, 4.69) is 15.5 Å². The van der Waals surface area contributed by atoms with Crippen molar-refractivity contribution >= 4 is 33.2 Å². The van der Waals surface area contributed by atoms with Crippen LogP contribution in [0.2, 0.25) is 0 Å². The summed E-state index contributed by atoms with van der Waals surface area (Å²) in [5.41, 5.74) is 1.21. The highest BCUT2D eigenvalue weighted by Gasteiger charge is 2.12. The maximum atomic E-state index is 12.1. The van der Waals surface area contributed by atoms with Gasteiger partial charge in [-0.2, -0.15) is 0 Å². The lowest BCUT2D eigenvalue weighted by Crippen LogP contribution is -2.14. The van der Waals surface area contributed by atoms with Gasteiger partial charge < -0.3 is 9.73 Å². The molecule has 0 atom stereocenters. The summed E-state index contributed by atoms with van der Waals surface area (Å²) >= 11 is 1.10. The minimum atomic E-state index is -3.33. The molecule has 0 spiro atoms. The van der Waals surface area contributed by atoms with Gasteiger partial charge in [-0.25, -0.2) is 8.42 Å². The summed E-state index contributed by atoms with van der Waals surface area (Å²) < 4.78 is 28.6. The summed E-state index contributed by atoms with van der Waals surface area (Å²) in [6.45, 7) is 0. The molecular weight excluding hydrogens is 374 g/mol. The lowest BCUT2D eigenvalue weighted by molar-refractivity contribution is -0.113. The summed E-state index contributed by atoms with van der Waals surface area (Å²) in [5.74, 6) is 0.133. The highest BCUT2D eigenvalue weighted by atomic mass is 32.2. The monoisotopic (exact) mass is 389 g/mol. The first-order valence-corrected chi connectivity index (χ1v) is 10.4. The van der Waals surface area contributed by atoms with E-state index in [1.54, 1.807) is 12.1 Å². The Kier molecular flexibility index (Phi) is 5.38. The molecule has 0 aliphatic heterocycles. The van der Waals surface area contributed by atoms with E-state index in [0.29, 0.717) is 11.6 Å². The fourth-order valence-electron chi connectivity index (χ4n) is 2.09. The third-order valence-corrected chi connectivity index (χ3v) is 5.23. The van der Waals surface area contributed by atoms with Crippen LogP contribution in [-0.4, -0.2) is 36.5 Å². The molecule has 0 aliphatic rings. The Bertz CT molecular complexity index is 1020. The van der Waals surface area contributed by atoms with E-state index >= 15 is 0 Å². The highest BCUT2D eigenvalue weighted by Crippen LogP contribution is 2.23. The fourth-order valence-corrected chi connectivity index (χ4v) is 3.32. The van der Waals surface area contributed by atoms with Crippen molar-refractivity contribution in [1.82, 2.24) is 10.2 Å². The van der Waals surface area contributed by atoms with E-state index in [0.717, 1.165) is 23.6 Å². The van der Waals surface area contributed by atoms with Crippen LogP contribution in [0.25, 0.3) is 11.5 Å². The Labute approximate surface area is 154 Å². The third-order valence-electron chi connectivity index (χ3n) is 3.30. The third kappa shape index (κ3) is 4.70. The minimum Gasteiger partial charge on any atom is -0.411 e. The zero-order chi connectivity index (χ0) is 18.6.